The topological polar surface area (TPSA) is 99.7 Å². The van der Waals surface area contributed by atoms with Crippen molar-refractivity contribution in [3.63, 3.8) is 0 Å². The number of carbonyl (C=O) groups is 1. The van der Waals surface area contributed by atoms with E-state index in [4.69, 9.17) is 0 Å². The van der Waals surface area contributed by atoms with Crippen LogP contribution in [0.25, 0.3) is 0 Å². The van der Waals surface area contributed by atoms with Crippen LogP contribution in [0.5, 0.6) is 0 Å². The Bertz CT molecular complexity index is 850. The van der Waals surface area contributed by atoms with Crippen LogP contribution in [0.15, 0.2) is 36.2 Å². The quantitative estimate of drug-likeness (QED) is 0.717. The minimum absolute atomic E-state index is 0.0148. The second-order valence-electron chi connectivity index (χ2n) is 6.29. The van der Waals surface area contributed by atoms with Crippen LogP contribution in [0, 0.1) is 5.92 Å². The SMILES string of the molecule is O=C(c1ccn[nH]1)N1CCCC(Cc2cc(Nc3nccs3)ncn2)C1. The minimum Gasteiger partial charge on any atom is -0.337 e. The number of aromatic amines is 1. The predicted molar refractivity (Wildman–Crippen MR) is 98.3 cm³/mol. The van der Waals surface area contributed by atoms with Crippen LogP contribution in [0.3, 0.4) is 0 Å². The summed E-state index contributed by atoms with van der Waals surface area (Å²) in [5.74, 6) is 1.14. The molecule has 9 heteroatoms. The van der Waals surface area contributed by atoms with E-state index in [1.807, 2.05) is 16.3 Å². The molecule has 0 aliphatic carbocycles. The largest absolute Gasteiger partial charge is 0.337 e. The van der Waals surface area contributed by atoms with Crippen LogP contribution in [-0.4, -0.2) is 49.0 Å². The van der Waals surface area contributed by atoms with Crippen molar-refractivity contribution in [2.75, 3.05) is 18.4 Å². The number of aromatic nitrogens is 5. The van der Waals surface area contributed by atoms with Gasteiger partial charge in [0.25, 0.3) is 5.91 Å². The molecule has 0 saturated carbocycles. The second kappa shape index (κ2) is 7.61. The van der Waals surface area contributed by atoms with Crippen molar-refractivity contribution >= 4 is 28.2 Å². The number of carbonyl (C=O) groups excluding carboxylic acids is 1. The van der Waals surface area contributed by atoms with Gasteiger partial charge in [0, 0.05) is 42.6 Å². The number of rotatable bonds is 5. The highest BCUT2D eigenvalue weighted by molar-refractivity contribution is 7.13. The van der Waals surface area contributed by atoms with Gasteiger partial charge in [-0.3, -0.25) is 9.89 Å². The molecule has 26 heavy (non-hydrogen) atoms. The molecule has 1 saturated heterocycles. The number of anilines is 2. The number of hydrogen-bond donors (Lipinski definition) is 2. The van der Waals surface area contributed by atoms with Crippen LogP contribution < -0.4 is 5.32 Å². The molecule has 3 aromatic heterocycles. The Morgan fingerprint density at radius 3 is 3.12 bits per heavy atom. The summed E-state index contributed by atoms with van der Waals surface area (Å²) in [7, 11) is 0. The lowest BCUT2D eigenvalue weighted by Crippen LogP contribution is -2.40. The van der Waals surface area contributed by atoms with Crippen molar-refractivity contribution in [2.45, 2.75) is 19.3 Å². The molecule has 0 spiro atoms. The fraction of sp³-hybridized carbons (Fsp3) is 0.353. The molecule has 2 N–H and O–H groups in total. The lowest BCUT2D eigenvalue weighted by Gasteiger charge is -2.32. The van der Waals surface area contributed by atoms with Crippen LogP contribution >= 0.6 is 11.3 Å². The highest BCUT2D eigenvalue weighted by Gasteiger charge is 2.25. The zero-order chi connectivity index (χ0) is 17.8. The van der Waals surface area contributed by atoms with Gasteiger partial charge in [0.2, 0.25) is 0 Å². The molecule has 1 atom stereocenters. The van der Waals surface area contributed by atoms with Gasteiger partial charge in [-0.2, -0.15) is 5.10 Å². The molecule has 4 heterocycles. The van der Waals surface area contributed by atoms with Crippen molar-refractivity contribution in [3.8, 4) is 0 Å². The van der Waals surface area contributed by atoms with Crippen molar-refractivity contribution in [1.29, 1.82) is 0 Å². The van der Waals surface area contributed by atoms with Crippen LogP contribution in [0.2, 0.25) is 0 Å². The standard InChI is InChI=1S/C17H19N7OS/c25-16(14-3-4-21-23-14)24-6-1-2-12(10-24)8-13-9-15(20-11-19-13)22-17-18-5-7-26-17/h3-5,7,9,11-12H,1-2,6,8,10H2,(H,21,23)(H,18,19,20,22). The number of amides is 1. The molecule has 4 rings (SSSR count). The van der Waals surface area contributed by atoms with Gasteiger partial charge in [-0.05, 0) is 31.2 Å². The van der Waals surface area contributed by atoms with E-state index >= 15 is 0 Å². The summed E-state index contributed by atoms with van der Waals surface area (Å²) in [4.78, 5) is 27.3. The first-order valence-corrected chi connectivity index (χ1v) is 9.42. The van der Waals surface area contributed by atoms with Crippen molar-refractivity contribution in [1.82, 2.24) is 30.0 Å². The van der Waals surface area contributed by atoms with E-state index < -0.39 is 0 Å². The predicted octanol–water partition coefficient (Wildman–Crippen LogP) is 2.49. The molecule has 1 amide bonds. The molecule has 1 fully saturated rings. The number of nitrogens with zero attached hydrogens (tertiary/aromatic N) is 5. The van der Waals surface area contributed by atoms with Gasteiger partial charge >= 0.3 is 0 Å². The van der Waals surface area contributed by atoms with E-state index in [-0.39, 0.29) is 5.91 Å². The number of nitrogens with one attached hydrogen (secondary N) is 2. The maximum absolute atomic E-state index is 12.5. The van der Waals surface area contributed by atoms with Crippen LogP contribution in [-0.2, 0) is 6.42 Å². The summed E-state index contributed by atoms with van der Waals surface area (Å²) in [6, 6.07) is 3.67. The third-order valence-electron chi connectivity index (χ3n) is 4.43. The number of H-pyrrole nitrogens is 1. The average Bonchev–Trinajstić information content (AvgIpc) is 3.36. The summed E-state index contributed by atoms with van der Waals surface area (Å²) in [5.41, 5.74) is 1.52. The lowest BCUT2D eigenvalue weighted by atomic mass is 9.93. The number of piperidine rings is 1. The fourth-order valence-corrected chi connectivity index (χ4v) is 3.77. The van der Waals surface area contributed by atoms with E-state index in [1.54, 1.807) is 24.8 Å². The fourth-order valence-electron chi connectivity index (χ4n) is 3.23. The van der Waals surface area contributed by atoms with E-state index in [1.165, 1.54) is 11.3 Å². The summed E-state index contributed by atoms with van der Waals surface area (Å²) in [5, 5.41) is 12.5. The third kappa shape index (κ3) is 3.88. The summed E-state index contributed by atoms with van der Waals surface area (Å²) in [6.45, 7) is 1.52. The van der Waals surface area contributed by atoms with Gasteiger partial charge in [-0.25, -0.2) is 15.0 Å². The Kier molecular flexibility index (Phi) is 4.87. The molecule has 0 aromatic carbocycles. The van der Waals surface area contributed by atoms with E-state index in [0.29, 0.717) is 11.6 Å². The Balaban J connectivity index is 1.40. The monoisotopic (exact) mass is 369 g/mol. The lowest BCUT2D eigenvalue weighted by molar-refractivity contribution is 0.0666. The molecule has 8 nitrogen and oxygen atoms in total. The Labute approximate surface area is 154 Å². The first-order valence-electron chi connectivity index (χ1n) is 8.54. The summed E-state index contributed by atoms with van der Waals surface area (Å²) >= 11 is 1.53. The molecular weight excluding hydrogens is 350 g/mol. The average molecular weight is 369 g/mol. The molecule has 1 aliphatic heterocycles. The van der Waals surface area contributed by atoms with E-state index in [0.717, 1.165) is 49.0 Å². The van der Waals surface area contributed by atoms with Gasteiger partial charge in [-0.1, -0.05) is 0 Å². The van der Waals surface area contributed by atoms with Crippen molar-refractivity contribution < 1.29 is 4.79 Å². The zero-order valence-electron chi connectivity index (χ0n) is 14.1. The number of thiazole rings is 1. The molecule has 3 aromatic rings. The van der Waals surface area contributed by atoms with Crippen molar-refractivity contribution in [3.05, 3.63) is 47.6 Å². The highest BCUT2D eigenvalue weighted by atomic mass is 32.1. The maximum Gasteiger partial charge on any atom is 0.271 e. The maximum atomic E-state index is 12.5. The zero-order valence-corrected chi connectivity index (χ0v) is 14.9. The molecule has 1 unspecified atom stereocenters. The van der Waals surface area contributed by atoms with Gasteiger partial charge in [0.1, 0.15) is 17.8 Å². The van der Waals surface area contributed by atoms with Gasteiger partial charge in [-0.15, -0.1) is 11.3 Å². The minimum atomic E-state index is 0.0148. The van der Waals surface area contributed by atoms with Crippen LogP contribution in [0.1, 0.15) is 29.0 Å². The molecule has 0 bridgehead atoms. The normalized spacial score (nSPS) is 17.2. The number of hydrogen-bond acceptors (Lipinski definition) is 7. The molecule has 134 valence electrons. The Hall–Kier alpha value is -2.81. The molecule has 0 radical (unpaired) electrons. The second-order valence-corrected chi connectivity index (χ2v) is 7.19. The smallest absolute Gasteiger partial charge is 0.271 e. The van der Waals surface area contributed by atoms with Gasteiger partial charge in [0.15, 0.2) is 5.13 Å². The Morgan fingerprint density at radius 2 is 2.31 bits per heavy atom. The highest BCUT2D eigenvalue weighted by Crippen LogP contribution is 2.23. The van der Waals surface area contributed by atoms with Gasteiger partial charge < -0.3 is 10.2 Å². The summed E-state index contributed by atoms with van der Waals surface area (Å²) < 4.78 is 0. The van der Waals surface area contributed by atoms with Gasteiger partial charge in [0.05, 0.1) is 0 Å². The van der Waals surface area contributed by atoms with Crippen molar-refractivity contribution in [2.24, 2.45) is 5.92 Å². The van der Waals surface area contributed by atoms with E-state index in [2.05, 4.69) is 30.5 Å². The molecule has 1 aliphatic rings. The molecular formula is C17H19N7OS. The summed E-state index contributed by atoms with van der Waals surface area (Å²) in [6.07, 6.45) is 7.84. The number of likely N-dealkylation sites (tertiary alicyclic amines) is 1. The first-order chi connectivity index (χ1) is 12.8. The third-order valence-corrected chi connectivity index (χ3v) is 5.11. The van der Waals surface area contributed by atoms with E-state index in [9.17, 15) is 4.79 Å². The Morgan fingerprint density at radius 1 is 1.35 bits per heavy atom. The first kappa shape index (κ1) is 16.6. The van der Waals surface area contributed by atoms with Crippen LogP contribution in [0.4, 0.5) is 10.9 Å².